The first kappa shape index (κ1) is 33.0. The fourth-order valence-electron chi connectivity index (χ4n) is 7.96. The van der Waals surface area contributed by atoms with E-state index < -0.39 is 12.0 Å². The largest absolute Gasteiger partial charge is 0.381 e. The number of halogens is 2. The quantitative estimate of drug-likeness (QED) is 0.318. The molecule has 0 radical (unpaired) electrons. The second kappa shape index (κ2) is 13.1. The smallest absolute Gasteiger partial charge is 0.265 e. The third-order valence-electron chi connectivity index (χ3n) is 11.3. The Morgan fingerprint density at radius 3 is 2.49 bits per heavy atom. The Hall–Kier alpha value is -2.54. The fraction of sp³-hybridized carbons (Fsp3) is 0.714. The molecule has 2 saturated carbocycles. The molecular formula is C35H46F2N4O5S. The predicted octanol–water partition coefficient (Wildman–Crippen LogP) is 5.73. The highest BCUT2D eigenvalue weighted by Crippen LogP contribution is 2.55. The van der Waals surface area contributed by atoms with Crippen molar-refractivity contribution in [3.05, 3.63) is 46.2 Å². The molecule has 1 spiro atoms. The van der Waals surface area contributed by atoms with Crippen molar-refractivity contribution >= 4 is 23.2 Å². The Morgan fingerprint density at radius 1 is 1.09 bits per heavy atom. The van der Waals surface area contributed by atoms with Crippen LogP contribution in [0.2, 0.25) is 0 Å². The molecule has 0 bridgehead atoms. The number of rotatable bonds is 10. The lowest BCUT2D eigenvalue weighted by Gasteiger charge is -2.51. The highest BCUT2D eigenvalue weighted by atomic mass is 32.1. The van der Waals surface area contributed by atoms with Gasteiger partial charge in [0.2, 0.25) is 11.8 Å². The fourth-order valence-corrected chi connectivity index (χ4v) is 8.54. The van der Waals surface area contributed by atoms with E-state index in [9.17, 15) is 18.4 Å². The van der Waals surface area contributed by atoms with Gasteiger partial charge in [0, 0.05) is 81.1 Å². The van der Waals surface area contributed by atoms with Crippen LogP contribution < -0.4 is 0 Å². The van der Waals surface area contributed by atoms with Crippen molar-refractivity contribution in [2.75, 3.05) is 52.6 Å². The number of hydrogen-bond acceptors (Lipinski definition) is 8. The molecule has 7 rings (SSSR count). The molecule has 2 aliphatic carbocycles. The van der Waals surface area contributed by atoms with Crippen molar-refractivity contribution in [2.24, 2.45) is 22.7 Å². The molecule has 0 aromatic carbocycles. The number of carbonyl (C=O) groups excluding carboxylic acids is 2. The number of thiazole rings is 1. The van der Waals surface area contributed by atoms with E-state index in [2.05, 4.69) is 24.9 Å². The lowest BCUT2D eigenvalue weighted by molar-refractivity contribution is -0.150. The molecule has 5 aliphatic rings. The van der Waals surface area contributed by atoms with Crippen LogP contribution in [0.1, 0.15) is 91.9 Å². The Bertz CT molecular complexity index is 1420. The third-order valence-corrected chi connectivity index (χ3v) is 12.0. The molecule has 3 aliphatic heterocycles. The maximum Gasteiger partial charge on any atom is 0.265 e. The van der Waals surface area contributed by atoms with Gasteiger partial charge in [-0.1, -0.05) is 19.9 Å². The number of carbonyl (C=O) groups is 2. The molecule has 5 fully saturated rings. The molecule has 3 saturated heterocycles. The summed E-state index contributed by atoms with van der Waals surface area (Å²) in [6, 6.07) is 6.01. The van der Waals surface area contributed by atoms with Crippen molar-refractivity contribution in [1.29, 1.82) is 0 Å². The second-order valence-corrected chi connectivity index (χ2v) is 16.0. The topological polar surface area (TPSA) is 94.1 Å². The van der Waals surface area contributed by atoms with E-state index in [1.807, 2.05) is 21.9 Å². The van der Waals surface area contributed by atoms with E-state index in [1.54, 1.807) is 11.7 Å². The zero-order chi connectivity index (χ0) is 32.8. The number of hydrogen-bond donors (Lipinski definition) is 0. The molecule has 1 unspecified atom stereocenters. The van der Waals surface area contributed by atoms with Gasteiger partial charge in [0.1, 0.15) is 11.0 Å². The Balaban J connectivity index is 1.08. The summed E-state index contributed by atoms with van der Waals surface area (Å²) in [5.41, 5.74) is 3.24. The van der Waals surface area contributed by atoms with Crippen molar-refractivity contribution in [3.8, 4) is 0 Å². The van der Waals surface area contributed by atoms with Gasteiger partial charge in [0.15, 0.2) is 0 Å². The van der Waals surface area contributed by atoms with Crippen LogP contribution in [0.3, 0.4) is 0 Å². The Kier molecular flexibility index (Phi) is 9.16. The maximum absolute atomic E-state index is 13.9. The number of pyridine rings is 1. The highest BCUT2D eigenvalue weighted by molar-refractivity contribution is 7.11. The third kappa shape index (κ3) is 7.12. The van der Waals surface area contributed by atoms with E-state index in [1.165, 1.54) is 11.3 Å². The van der Waals surface area contributed by atoms with E-state index in [0.29, 0.717) is 69.6 Å². The number of amides is 2. The Labute approximate surface area is 279 Å². The standard InChI is InChI=1S/C35H46F2N4O5S/c1-33(2)14-26(33)31(42)41-20-34(21-41)19-40(32(43)30-15-38-22-47-30)16-24(34)17-46-29(18-45-25-6-10-35(36,37)11-7-25)28-5-3-4-27(39-28)23-8-12-44-13-9-23/h3-5,15,22-26,29H,6-14,16-21H2,1-2H3/t24-,26+,29?/m0/s1. The minimum absolute atomic E-state index is 0.00480. The summed E-state index contributed by atoms with van der Waals surface area (Å²) >= 11 is 1.33. The van der Waals surface area contributed by atoms with Crippen LogP contribution in [-0.2, 0) is 19.0 Å². The minimum Gasteiger partial charge on any atom is -0.381 e. The van der Waals surface area contributed by atoms with Gasteiger partial charge in [-0.25, -0.2) is 8.78 Å². The van der Waals surface area contributed by atoms with Gasteiger partial charge in [-0.2, -0.15) is 0 Å². The molecule has 5 heterocycles. The molecule has 2 amide bonds. The summed E-state index contributed by atoms with van der Waals surface area (Å²) in [6.45, 7) is 8.57. The molecule has 47 heavy (non-hydrogen) atoms. The minimum atomic E-state index is -2.62. The van der Waals surface area contributed by atoms with Crippen molar-refractivity contribution in [1.82, 2.24) is 19.8 Å². The first-order valence-corrected chi connectivity index (χ1v) is 18.0. The van der Waals surface area contributed by atoms with E-state index in [0.717, 1.165) is 30.7 Å². The number of ether oxygens (including phenoxy) is 3. The average Bonchev–Trinajstić information content (AvgIpc) is 3.39. The summed E-state index contributed by atoms with van der Waals surface area (Å²) in [5.74, 6) is -2.06. The maximum atomic E-state index is 13.9. The van der Waals surface area contributed by atoms with Gasteiger partial charge in [0.25, 0.3) is 5.91 Å². The van der Waals surface area contributed by atoms with Crippen LogP contribution in [0.5, 0.6) is 0 Å². The average molecular weight is 673 g/mol. The number of likely N-dealkylation sites (tertiary alicyclic amines) is 2. The first-order valence-electron chi connectivity index (χ1n) is 17.1. The van der Waals surface area contributed by atoms with Gasteiger partial charge in [-0.05, 0) is 49.7 Å². The van der Waals surface area contributed by atoms with E-state index in [-0.39, 0.29) is 60.0 Å². The van der Waals surface area contributed by atoms with Crippen LogP contribution >= 0.6 is 11.3 Å². The molecule has 9 nitrogen and oxygen atoms in total. The molecule has 3 atom stereocenters. The summed E-state index contributed by atoms with van der Waals surface area (Å²) in [7, 11) is 0. The molecule has 2 aromatic heterocycles. The molecule has 12 heteroatoms. The molecular weight excluding hydrogens is 626 g/mol. The zero-order valence-corrected chi connectivity index (χ0v) is 28.2. The highest BCUT2D eigenvalue weighted by Gasteiger charge is 2.60. The summed E-state index contributed by atoms with van der Waals surface area (Å²) in [5, 5.41) is 0. The van der Waals surface area contributed by atoms with E-state index >= 15 is 0 Å². The molecule has 256 valence electrons. The van der Waals surface area contributed by atoms with Crippen molar-refractivity contribution < 1.29 is 32.6 Å². The van der Waals surface area contributed by atoms with Crippen LogP contribution in [0.25, 0.3) is 0 Å². The number of alkyl halides is 2. The lowest BCUT2D eigenvalue weighted by atomic mass is 9.71. The lowest BCUT2D eigenvalue weighted by Crippen LogP contribution is -2.63. The van der Waals surface area contributed by atoms with Gasteiger partial charge in [-0.3, -0.25) is 19.6 Å². The SMILES string of the molecule is CC1(C)C[C@@H]1C(=O)N1CC2(CN(C(=O)c3cncs3)C[C@H]2COC(COC2CCC(F)(F)CC2)c2cccc(C3CCOCC3)n2)C1. The van der Waals surface area contributed by atoms with Gasteiger partial charge < -0.3 is 24.0 Å². The van der Waals surface area contributed by atoms with Crippen molar-refractivity contribution in [3.63, 3.8) is 0 Å². The number of aromatic nitrogens is 2. The summed E-state index contributed by atoms with van der Waals surface area (Å²) in [4.78, 5) is 40.3. The monoisotopic (exact) mass is 672 g/mol. The number of nitrogens with zero attached hydrogens (tertiary/aromatic N) is 4. The van der Waals surface area contributed by atoms with Crippen LogP contribution in [0.15, 0.2) is 29.9 Å². The van der Waals surface area contributed by atoms with Gasteiger partial charge in [-0.15, -0.1) is 11.3 Å². The molecule has 2 aromatic rings. The zero-order valence-electron chi connectivity index (χ0n) is 27.4. The first-order chi connectivity index (χ1) is 22.5. The summed E-state index contributed by atoms with van der Waals surface area (Å²) in [6.07, 6.45) is 3.91. The van der Waals surface area contributed by atoms with Crippen LogP contribution in [-0.4, -0.2) is 96.2 Å². The molecule has 0 N–H and O–H groups in total. The van der Waals surface area contributed by atoms with Crippen LogP contribution in [0.4, 0.5) is 8.78 Å². The summed E-state index contributed by atoms with van der Waals surface area (Å²) < 4.78 is 46.2. The van der Waals surface area contributed by atoms with Crippen LogP contribution in [0, 0.1) is 22.7 Å². The van der Waals surface area contributed by atoms with Crippen molar-refractivity contribution in [2.45, 2.75) is 82.8 Å². The normalized spacial score (nSPS) is 27.5. The van der Waals surface area contributed by atoms with Gasteiger partial charge in [0.05, 0.1) is 36.7 Å². The predicted molar refractivity (Wildman–Crippen MR) is 171 cm³/mol. The second-order valence-electron chi connectivity index (χ2n) is 15.1. The van der Waals surface area contributed by atoms with Gasteiger partial charge >= 0.3 is 0 Å². The Morgan fingerprint density at radius 2 is 1.81 bits per heavy atom. The van der Waals surface area contributed by atoms with E-state index in [4.69, 9.17) is 19.2 Å².